The van der Waals surface area contributed by atoms with Crippen LogP contribution in [0.3, 0.4) is 0 Å². The summed E-state index contributed by atoms with van der Waals surface area (Å²) < 4.78 is 68.5. The molecule has 0 saturated carbocycles. The van der Waals surface area contributed by atoms with Gasteiger partial charge in [-0.15, -0.1) is 0 Å². The number of carbonyl (C=O) groups is 4. The Hall–Kier alpha value is -5.58. The van der Waals surface area contributed by atoms with E-state index in [0.29, 0.717) is 38.5 Å². The number of phosphoric ester groups is 2. The summed E-state index contributed by atoms with van der Waals surface area (Å²) in [4.78, 5) is 73.0. The van der Waals surface area contributed by atoms with Crippen molar-refractivity contribution in [2.75, 3.05) is 39.6 Å². The van der Waals surface area contributed by atoms with Crippen molar-refractivity contribution < 1.29 is 80.2 Å². The molecule has 0 rings (SSSR count). The van der Waals surface area contributed by atoms with Crippen molar-refractivity contribution in [3.8, 4) is 0 Å². The largest absolute Gasteiger partial charge is 0.472 e. The average molecular weight is 1520 g/mol. The quantitative estimate of drug-likeness (QED) is 0.0169. The number of hydrogen-bond donors (Lipinski definition) is 3. The molecule has 0 saturated heterocycles. The van der Waals surface area contributed by atoms with E-state index >= 15 is 0 Å². The Labute approximate surface area is 642 Å². The van der Waals surface area contributed by atoms with Gasteiger partial charge in [0.25, 0.3) is 0 Å². The topological polar surface area (TPSA) is 237 Å². The highest BCUT2D eigenvalue weighted by Gasteiger charge is 2.30. The van der Waals surface area contributed by atoms with E-state index in [9.17, 15) is 43.2 Å². The Morgan fingerprint density at radius 2 is 0.500 bits per heavy atom. The molecular weight excluding hydrogens is 1380 g/mol. The van der Waals surface area contributed by atoms with Gasteiger partial charge in [-0.05, 0) is 173 Å². The minimum Gasteiger partial charge on any atom is -0.462 e. The minimum absolute atomic E-state index is 0.0105. The lowest BCUT2D eigenvalue weighted by Crippen LogP contribution is -2.30. The molecule has 0 aromatic rings. The molecule has 0 radical (unpaired) electrons. The molecular formula is C87H142O17P2. The van der Waals surface area contributed by atoms with Gasteiger partial charge in [0.05, 0.1) is 26.4 Å². The van der Waals surface area contributed by atoms with E-state index < -0.39 is 97.5 Å². The Kier molecular flexibility index (Phi) is 73.5. The van der Waals surface area contributed by atoms with E-state index in [0.717, 1.165) is 141 Å². The molecule has 5 atom stereocenters. The Morgan fingerprint density at radius 1 is 0.274 bits per heavy atom. The fraction of sp³-hybridized carbons (Fsp3) is 0.632. The van der Waals surface area contributed by atoms with Crippen LogP contribution in [-0.4, -0.2) is 96.7 Å². The molecule has 0 aliphatic rings. The summed E-state index contributed by atoms with van der Waals surface area (Å²) in [6, 6.07) is 0. The number of ether oxygens (including phenoxy) is 4. The van der Waals surface area contributed by atoms with Crippen LogP contribution >= 0.6 is 15.6 Å². The van der Waals surface area contributed by atoms with Crippen molar-refractivity contribution in [1.82, 2.24) is 0 Å². The third kappa shape index (κ3) is 76.6. The highest BCUT2D eigenvalue weighted by molar-refractivity contribution is 7.47. The SMILES string of the molecule is CC/C=C\C/C=C\C/C=C\C/C=C\C/C=C\CCCCCC(=O)O[C@H](COC(=O)CCC/C=C\C/C=C\C/C=C\C/C=C\CCCCC)COP(=O)(O)OC[C@@H](O)COP(=O)(O)OC[C@@H](COC(=O)CCCCCCC/C=C\CCCCCC)OC(=O)CCC/C=C\C/C=C\C/C=C\C/C=C\CCCCC. The van der Waals surface area contributed by atoms with Crippen molar-refractivity contribution in [2.45, 2.75) is 316 Å². The second-order valence-corrected chi connectivity index (χ2v) is 29.2. The number of esters is 4. The first-order chi connectivity index (χ1) is 51.7. The molecule has 19 heteroatoms. The van der Waals surface area contributed by atoms with Gasteiger partial charge in [0.1, 0.15) is 19.3 Å². The second-order valence-electron chi connectivity index (χ2n) is 26.3. The molecule has 17 nitrogen and oxygen atoms in total. The Bertz CT molecular complexity index is 2680. The number of phosphoric acid groups is 2. The highest BCUT2D eigenvalue weighted by Crippen LogP contribution is 2.45. The lowest BCUT2D eigenvalue weighted by molar-refractivity contribution is -0.161. The van der Waals surface area contributed by atoms with Crippen LogP contribution in [0.2, 0.25) is 0 Å². The number of unbranched alkanes of at least 4 members (excludes halogenated alkanes) is 20. The van der Waals surface area contributed by atoms with Crippen LogP contribution in [0.5, 0.6) is 0 Å². The Morgan fingerprint density at radius 3 is 0.840 bits per heavy atom. The predicted octanol–water partition coefficient (Wildman–Crippen LogP) is 23.8. The molecule has 0 aliphatic carbocycles. The van der Waals surface area contributed by atoms with Gasteiger partial charge in [0.15, 0.2) is 12.2 Å². The maximum absolute atomic E-state index is 13.1. The molecule has 602 valence electrons. The predicted molar refractivity (Wildman–Crippen MR) is 436 cm³/mol. The van der Waals surface area contributed by atoms with E-state index in [1.807, 2.05) is 24.3 Å². The number of allylic oxidation sites excluding steroid dienone is 28. The monoisotopic (exact) mass is 1520 g/mol. The number of carbonyl (C=O) groups excluding carboxylic acids is 4. The first-order valence-corrected chi connectivity index (χ1v) is 43.4. The van der Waals surface area contributed by atoms with Crippen molar-refractivity contribution in [3.05, 3.63) is 170 Å². The average Bonchev–Trinajstić information content (AvgIpc) is 0.899. The van der Waals surface area contributed by atoms with Gasteiger partial charge < -0.3 is 33.8 Å². The summed E-state index contributed by atoms with van der Waals surface area (Å²) in [6.07, 6.45) is 92.0. The van der Waals surface area contributed by atoms with Crippen molar-refractivity contribution >= 4 is 39.5 Å². The molecule has 0 bridgehead atoms. The van der Waals surface area contributed by atoms with Crippen LogP contribution in [0.25, 0.3) is 0 Å². The molecule has 3 N–H and O–H groups in total. The zero-order chi connectivity index (χ0) is 77.4. The van der Waals surface area contributed by atoms with Crippen molar-refractivity contribution in [1.29, 1.82) is 0 Å². The molecule has 0 heterocycles. The number of aliphatic hydroxyl groups excluding tert-OH is 1. The van der Waals surface area contributed by atoms with Crippen LogP contribution in [0.4, 0.5) is 0 Å². The summed E-state index contributed by atoms with van der Waals surface area (Å²) in [5.74, 6) is -2.37. The molecule has 0 aliphatic heterocycles. The highest BCUT2D eigenvalue weighted by atomic mass is 31.2. The third-order valence-electron chi connectivity index (χ3n) is 16.1. The summed E-state index contributed by atoms with van der Waals surface area (Å²) >= 11 is 0. The van der Waals surface area contributed by atoms with Crippen LogP contribution in [0, 0.1) is 0 Å². The molecule has 0 aromatic carbocycles. The number of rotatable bonds is 74. The van der Waals surface area contributed by atoms with Gasteiger partial charge in [-0.25, -0.2) is 9.13 Å². The lowest BCUT2D eigenvalue weighted by atomic mass is 10.1. The molecule has 2 unspecified atom stereocenters. The molecule has 106 heavy (non-hydrogen) atoms. The van der Waals surface area contributed by atoms with Crippen molar-refractivity contribution in [2.24, 2.45) is 0 Å². The summed E-state index contributed by atoms with van der Waals surface area (Å²) in [7, 11) is -10.0. The molecule has 0 aromatic heterocycles. The lowest BCUT2D eigenvalue weighted by Gasteiger charge is -2.21. The fourth-order valence-electron chi connectivity index (χ4n) is 9.99. The van der Waals surface area contributed by atoms with Gasteiger partial charge in [-0.1, -0.05) is 268 Å². The maximum atomic E-state index is 13.1. The van der Waals surface area contributed by atoms with E-state index in [1.165, 1.54) is 64.2 Å². The number of aliphatic hydroxyl groups is 1. The van der Waals surface area contributed by atoms with E-state index in [2.05, 4.69) is 174 Å². The van der Waals surface area contributed by atoms with Crippen LogP contribution in [-0.2, 0) is 65.4 Å². The summed E-state index contributed by atoms with van der Waals surface area (Å²) in [6.45, 7) is 4.50. The minimum atomic E-state index is -5.01. The van der Waals surface area contributed by atoms with Crippen molar-refractivity contribution in [3.63, 3.8) is 0 Å². The van der Waals surface area contributed by atoms with Crippen LogP contribution in [0.15, 0.2) is 170 Å². The smallest absolute Gasteiger partial charge is 0.462 e. The van der Waals surface area contributed by atoms with E-state index in [4.69, 9.17) is 37.0 Å². The van der Waals surface area contributed by atoms with E-state index in [1.54, 1.807) is 0 Å². The first kappa shape index (κ1) is 100. The van der Waals surface area contributed by atoms with Crippen LogP contribution < -0.4 is 0 Å². The molecule has 0 amide bonds. The van der Waals surface area contributed by atoms with Crippen LogP contribution in [0.1, 0.15) is 297 Å². The third-order valence-corrected chi connectivity index (χ3v) is 18.0. The van der Waals surface area contributed by atoms with E-state index in [-0.39, 0.29) is 25.7 Å². The molecule has 0 fully saturated rings. The van der Waals surface area contributed by atoms with Gasteiger partial charge in [0.2, 0.25) is 0 Å². The summed E-state index contributed by atoms with van der Waals surface area (Å²) in [5.41, 5.74) is 0. The second kappa shape index (κ2) is 77.6. The maximum Gasteiger partial charge on any atom is 0.472 e. The van der Waals surface area contributed by atoms with Gasteiger partial charge in [-0.2, -0.15) is 0 Å². The Balaban J connectivity index is 5.53. The fourth-order valence-corrected chi connectivity index (χ4v) is 11.6. The standard InChI is InChI=1S/C87H142O17P2/c1-5-9-13-17-21-25-29-33-36-39-40-43-46-50-54-58-62-66-70-74-87(92)104-83(78-98-85(90)72-68-64-60-56-52-48-44-41-37-34-30-26-22-18-14-10-6-2)80-102-106(95,96)100-76-81(88)75-99-105(93,94)101-79-82(77-97-84(89)71-67-63-59-55-51-47-32-28-24-20-16-12-8-4)103-86(91)73-69-65-61-57-53-49-45-42-38-35-31-27-23-19-15-11-7-3/h9,13,21-23,25-28,32-38,40,43-45,48-50,54,56-57,60-61,81-83,88H,5-8,10-12,14-20,24,29-31,39,41-42,46-47,51-53,55,58-59,62-80H2,1-4H3,(H,93,94)(H,95,96)/b13-9-,25-21-,26-22-,27-23-,32-28-,36-33-,37-34-,38-35-,43-40-,48-44-,49-45-,54-50-,60-56-,61-57-/t81-,82+,83+/m0/s1. The summed E-state index contributed by atoms with van der Waals surface area (Å²) in [5, 5.41) is 10.6. The van der Waals surface area contributed by atoms with Gasteiger partial charge in [-0.3, -0.25) is 37.3 Å². The zero-order valence-corrected chi connectivity index (χ0v) is 67.6. The molecule has 0 spiro atoms. The normalized spacial score (nSPS) is 14.7. The zero-order valence-electron chi connectivity index (χ0n) is 65.8. The number of hydrogen-bond acceptors (Lipinski definition) is 15. The van der Waals surface area contributed by atoms with Gasteiger partial charge >= 0.3 is 39.5 Å². The van der Waals surface area contributed by atoms with Gasteiger partial charge in [0, 0.05) is 25.7 Å². The first-order valence-electron chi connectivity index (χ1n) is 40.4.